The third-order valence-electron chi connectivity index (χ3n) is 3.82. The Balaban J connectivity index is 1.96. The molecule has 0 amide bonds. The second-order valence-electron chi connectivity index (χ2n) is 6.01. The number of aliphatic hydroxyl groups is 1. The van der Waals surface area contributed by atoms with Gasteiger partial charge in [-0.1, -0.05) is 6.07 Å². The first-order chi connectivity index (χ1) is 13.1. The summed E-state index contributed by atoms with van der Waals surface area (Å²) in [6, 6.07) is 11.7. The number of non-ortho nitro benzene ring substituents is 1. The molecule has 1 atom stereocenters. The number of rotatable bonds is 7. The van der Waals surface area contributed by atoms with E-state index in [0.717, 1.165) is 4.31 Å². The fourth-order valence-corrected chi connectivity index (χ4v) is 3.40. The molecule has 0 saturated heterocycles. The summed E-state index contributed by atoms with van der Waals surface area (Å²) in [5.41, 5.74) is 0.916. The SMILES string of the molecule is CN(C)S(=O)(=O)c1cccc(NC(=S)NC[C@H](O)c2ccc([N+](=O)[O-])cc2)c1. The van der Waals surface area contributed by atoms with E-state index in [-0.39, 0.29) is 22.2 Å². The topological polar surface area (TPSA) is 125 Å². The lowest BCUT2D eigenvalue weighted by atomic mass is 10.1. The quantitative estimate of drug-likeness (QED) is 0.349. The van der Waals surface area contributed by atoms with Gasteiger partial charge in [0.25, 0.3) is 5.69 Å². The summed E-state index contributed by atoms with van der Waals surface area (Å²) in [7, 11) is -0.674. The minimum atomic E-state index is -3.56. The van der Waals surface area contributed by atoms with E-state index in [4.69, 9.17) is 12.2 Å². The lowest BCUT2D eigenvalue weighted by molar-refractivity contribution is -0.384. The zero-order valence-electron chi connectivity index (χ0n) is 15.2. The zero-order chi connectivity index (χ0) is 20.9. The maximum atomic E-state index is 12.2. The van der Waals surface area contributed by atoms with Crippen LogP contribution in [0.15, 0.2) is 53.4 Å². The Morgan fingerprint density at radius 3 is 2.46 bits per heavy atom. The van der Waals surface area contributed by atoms with Crippen LogP contribution in [0.1, 0.15) is 11.7 Å². The highest BCUT2D eigenvalue weighted by molar-refractivity contribution is 7.89. The Morgan fingerprint density at radius 1 is 1.25 bits per heavy atom. The van der Waals surface area contributed by atoms with Gasteiger partial charge in [-0.25, -0.2) is 12.7 Å². The molecule has 0 bridgehead atoms. The summed E-state index contributed by atoms with van der Waals surface area (Å²) in [6.45, 7) is 0.0688. The predicted molar refractivity (Wildman–Crippen MR) is 110 cm³/mol. The number of aliphatic hydroxyl groups excluding tert-OH is 1. The fraction of sp³-hybridized carbons (Fsp3) is 0.235. The highest BCUT2D eigenvalue weighted by Crippen LogP contribution is 2.19. The molecule has 28 heavy (non-hydrogen) atoms. The van der Waals surface area contributed by atoms with Gasteiger partial charge >= 0.3 is 0 Å². The van der Waals surface area contributed by atoms with Crippen molar-refractivity contribution in [1.29, 1.82) is 0 Å². The minimum Gasteiger partial charge on any atom is -0.387 e. The molecule has 0 radical (unpaired) electrons. The van der Waals surface area contributed by atoms with Gasteiger partial charge in [0.1, 0.15) is 0 Å². The number of sulfonamides is 1. The Bertz CT molecular complexity index is 962. The normalized spacial score (nSPS) is 12.4. The molecule has 0 spiro atoms. The summed E-state index contributed by atoms with van der Waals surface area (Å²) in [6.07, 6.45) is -0.930. The van der Waals surface area contributed by atoms with E-state index in [1.807, 2.05) is 0 Å². The molecule has 9 nitrogen and oxygen atoms in total. The van der Waals surface area contributed by atoms with E-state index < -0.39 is 21.1 Å². The maximum absolute atomic E-state index is 12.2. The van der Waals surface area contributed by atoms with Crippen LogP contribution in [0.2, 0.25) is 0 Å². The van der Waals surface area contributed by atoms with Gasteiger partial charge in [-0.05, 0) is 48.1 Å². The highest BCUT2D eigenvalue weighted by Gasteiger charge is 2.17. The van der Waals surface area contributed by atoms with Crippen LogP contribution in [-0.4, -0.2) is 48.5 Å². The molecular formula is C17H20N4O5S2. The first-order valence-electron chi connectivity index (χ1n) is 8.11. The van der Waals surface area contributed by atoms with Crippen LogP contribution in [-0.2, 0) is 10.0 Å². The smallest absolute Gasteiger partial charge is 0.269 e. The summed E-state index contributed by atoms with van der Waals surface area (Å²) < 4.78 is 25.5. The number of hydrogen-bond donors (Lipinski definition) is 3. The first kappa shape index (κ1) is 21.7. The summed E-state index contributed by atoms with van der Waals surface area (Å²) in [5.74, 6) is 0. The van der Waals surface area contributed by atoms with Crippen LogP contribution in [0, 0.1) is 10.1 Å². The van der Waals surface area contributed by atoms with Gasteiger partial charge in [0, 0.05) is 38.5 Å². The van der Waals surface area contributed by atoms with Crippen molar-refractivity contribution in [1.82, 2.24) is 9.62 Å². The molecular weight excluding hydrogens is 404 g/mol. The average Bonchev–Trinajstić information content (AvgIpc) is 2.66. The number of nitro groups is 1. The van der Waals surface area contributed by atoms with Gasteiger partial charge in [-0.15, -0.1) is 0 Å². The van der Waals surface area contributed by atoms with E-state index in [1.165, 1.54) is 50.5 Å². The molecule has 150 valence electrons. The number of thiocarbonyl (C=S) groups is 1. The summed E-state index contributed by atoms with van der Waals surface area (Å²) in [4.78, 5) is 10.3. The van der Waals surface area contributed by atoms with E-state index in [9.17, 15) is 23.6 Å². The molecule has 0 aromatic heterocycles. The van der Waals surface area contributed by atoms with E-state index in [2.05, 4.69) is 10.6 Å². The molecule has 0 fully saturated rings. The second kappa shape index (κ2) is 9.06. The van der Waals surface area contributed by atoms with Crippen molar-refractivity contribution in [2.45, 2.75) is 11.0 Å². The molecule has 2 aromatic rings. The van der Waals surface area contributed by atoms with Crippen LogP contribution in [0.5, 0.6) is 0 Å². The van der Waals surface area contributed by atoms with Crippen molar-refractivity contribution in [3.8, 4) is 0 Å². The average molecular weight is 425 g/mol. The Morgan fingerprint density at radius 2 is 1.89 bits per heavy atom. The molecule has 0 heterocycles. The maximum Gasteiger partial charge on any atom is 0.269 e. The van der Waals surface area contributed by atoms with Crippen molar-refractivity contribution in [2.24, 2.45) is 0 Å². The van der Waals surface area contributed by atoms with Crippen molar-refractivity contribution in [3.63, 3.8) is 0 Å². The van der Waals surface area contributed by atoms with E-state index in [1.54, 1.807) is 12.1 Å². The van der Waals surface area contributed by atoms with Crippen LogP contribution in [0.4, 0.5) is 11.4 Å². The van der Waals surface area contributed by atoms with Gasteiger partial charge in [0.2, 0.25) is 10.0 Å². The number of benzene rings is 2. The van der Waals surface area contributed by atoms with Crippen LogP contribution in [0.3, 0.4) is 0 Å². The zero-order valence-corrected chi connectivity index (χ0v) is 16.8. The second-order valence-corrected chi connectivity index (χ2v) is 8.57. The Kier molecular flexibility index (Phi) is 7.02. The van der Waals surface area contributed by atoms with Crippen LogP contribution < -0.4 is 10.6 Å². The lowest BCUT2D eigenvalue weighted by Crippen LogP contribution is -2.32. The lowest BCUT2D eigenvalue weighted by Gasteiger charge is -2.16. The molecule has 0 aliphatic carbocycles. The molecule has 0 aliphatic heterocycles. The van der Waals surface area contributed by atoms with Gasteiger partial charge in [-0.3, -0.25) is 10.1 Å². The van der Waals surface area contributed by atoms with Crippen LogP contribution in [0.25, 0.3) is 0 Å². The minimum absolute atomic E-state index is 0.0614. The molecule has 0 unspecified atom stereocenters. The van der Waals surface area contributed by atoms with Gasteiger partial charge in [0.15, 0.2) is 5.11 Å². The molecule has 2 rings (SSSR count). The Labute approximate surface area is 168 Å². The van der Waals surface area contributed by atoms with Crippen molar-refractivity contribution < 1.29 is 18.4 Å². The van der Waals surface area contributed by atoms with Crippen molar-refractivity contribution >= 4 is 38.7 Å². The van der Waals surface area contributed by atoms with Gasteiger partial charge in [-0.2, -0.15) is 0 Å². The standard InChI is InChI=1S/C17H20N4O5S2/c1-20(2)28(25,26)15-5-3-4-13(10-15)19-17(27)18-11-16(22)12-6-8-14(9-7-12)21(23)24/h3-10,16,22H,11H2,1-2H3,(H2,18,19,27)/t16-/m0/s1. The highest BCUT2D eigenvalue weighted by atomic mass is 32.2. The molecule has 11 heteroatoms. The number of nitrogens with zero attached hydrogens (tertiary/aromatic N) is 2. The summed E-state index contributed by atoms with van der Waals surface area (Å²) in [5, 5.41) is 26.7. The predicted octanol–water partition coefficient (Wildman–Crippen LogP) is 1.87. The van der Waals surface area contributed by atoms with E-state index >= 15 is 0 Å². The summed E-state index contributed by atoms with van der Waals surface area (Å²) >= 11 is 5.17. The Hall–Kier alpha value is -2.60. The largest absolute Gasteiger partial charge is 0.387 e. The number of anilines is 1. The number of nitro benzene ring substituents is 1. The third kappa shape index (κ3) is 5.45. The molecule has 0 aliphatic rings. The first-order valence-corrected chi connectivity index (χ1v) is 9.96. The van der Waals surface area contributed by atoms with Crippen molar-refractivity contribution in [3.05, 3.63) is 64.2 Å². The molecule has 2 aromatic carbocycles. The van der Waals surface area contributed by atoms with Crippen molar-refractivity contribution in [2.75, 3.05) is 26.0 Å². The third-order valence-corrected chi connectivity index (χ3v) is 5.87. The monoisotopic (exact) mass is 424 g/mol. The number of nitrogens with one attached hydrogen (secondary N) is 2. The van der Waals surface area contributed by atoms with Gasteiger partial charge < -0.3 is 15.7 Å². The van der Waals surface area contributed by atoms with Crippen LogP contribution >= 0.6 is 12.2 Å². The molecule has 3 N–H and O–H groups in total. The van der Waals surface area contributed by atoms with E-state index in [0.29, 0.717) is 11.3 Å². The van der Waals surface area contributed by atoms with Gasteiger partial charge in [0.05, 0.1) is 15.9 Å². The molecule has 0 saturated carbocycles. The fourth-order valence-electron chi connectivity index (χ4n) is 2.25. The number of hydrogen-bond acceptors (Lipinski definition) is 6.